The summed E-state index contributed by atoms with van der Waals surface area (Å²) in [6.45, 7) is 4.60. The zero-order valence-electron chi connectivity index (χ0n) is 8.12. The Kier molecular flexibility index (Phi) is 4.38. The van der Waals surface area contributed by atoms with E-state index in [1.807, 2.05) is 13.0 Å². The Morgan fingerprint density at radius 1 is 1.50 bits per heavy atom. The third-order valence-electron chi connectivity index (χ3n) is 1.61. The van der Waals surface area contributed by atoms with Crippen molar-refractivity contribution in [1.29, 1.82) is 5.26 Å². The lowest BCUT2D eigenvalue weighted by molar-refractivity contribution is 0.736. The van der Waals surface area contributed by atoms with E-state index in [0.29, 0.717) is 11.6 Å². The number of nitriles is 1. The summed E-state index contributed by atoms with van der Waals surface area (Å²) >= 11 is 0. The normalized spacial score (nSPS) is 9.43. The zero-order valence-corrected chi connectivity index (χ0v) is 8.12. The second kappa shape index (κ2) is 5.89. The number of hydrogen-bond acceptors (Lipinski definition) is 5. The van der Waals surface area contributed by atoms with E-state index >= 15 is 0 Å². The number of hydrogen-bond donors (Lipinski definition) is 2. The second-order valence-electron chi connectivity index (χ2n) is 2.66. The van der Waals surface area contributed by atoms with E-state index in [0.717, 1.165) is 19.6 Å². The van der Waals surface area contributed by atoms with Gasteiger partial charge in [-0.3, -0.25) is 0 Å². The fraction of sp³-hybridized carbons (Fsp3) is 0.444. The van der Waals surface area contributed by atoms with Gasteiger partial charge in [-0.1, -0.05) is 6.92 Å². The Morgan fingerprint density at radius 3 is 3.07 bits per heavy atom. The number of nitrogens with one attached hydrogen (secondary N) is 2. The Morgan fingerprint density at radius 2 is 2.36 bits per heavy atom. The van der Waals surface area contributed by atoms with E-state index in [1.165, 1.54) is 0 Å². The van der Waals surface area contributed by atoms with Crippen LogP contribution in [0.2, 0.25) is 0 Å². The molecule has 74 valence electrons. The van der Waals surface area contributed by atoms with Crippen molar-refractivity contribution in [1.82, 2.24) is 15.3 Å². The summed E-state index contributed by atoms with van der Waals surface area (Å²) in [7, 11) is 0. The molecule has 1 aromatic rings. The first-order chi connectivity index (χ1) is 6.86. The predicted molar refractivity (Wildman–Crippen MR) is 53.8 cm³/mol. The lowest BCUT2D eigenvalue weighted by Gasteiger charge is -2.04. The lowest BCUT2D eigenvalue weighted by atomic mass is 10.4. The summed E-state index contributed by atoms with van der Waals surface area (Å²) in [6.07, 6.45) is 1.57. The van der Waals surface area contributed by atoms with Gasteiger partial charge in [-0.15, -0.1) is 0 Å². The molecule has 1 heterocycles. The van der Waals surface area contributed by atoms with Crippen molar-refractivity contribution in [2.75, 3.05) is 25.0 Å². The second-order valence-corrected chi connectivity index (χ2v) is 2.66. The number of aromatic nitrogens is 2. The van der Waals surface area contributed by atoms with Gasteiger partial charge in [-0.05, 0) is 12.6 Å². The van der Waals surface area contributed by atoms with Gasteiger partial charge in [0.1, 0.15) is 11.8 Å². The molecular weight excluding hydrogens is 178 g/mol. The molecule has 1 aromatic heterocycles. The molecule has 0 bridgehead atoms. The van der Waals surface area contributed by atoms with Crippen molar-refractivity contribution in [3.8, 4) is 6.07 Å². The van der Waals surface area contributed by atoms with Crippen LogP contribution in [0.25, 0.3) is 0 Å². The largest absolute Gasteiger partial charge is 0.353 e. The Balaban J connectivity index is 2.39. The highest BCUT2D eigenvalue weighted by Gasteiger charge is 1.96. The van der Waals surface area contributed by atoms with E-state index in [-0.39, 0.29) is 0 Å². The average molecular weight is 191 g/mol. The number of nitrogens with zero attached hydrogens (tertiary/aromatic N) is 3. The molecule has 5 heteroatoms. The third-order valence-corrected chi connectivity index (χ3v) is 1.61. The molecule has 5 nitrogen and oxygen atoms in total. The third kappa shape index (κ3) is 3.37. The number of anilines is 1. The standard InChI is InChI=1S/C9H13N5/c1-2-11-5-6-13-9-12-4-3-8(7-10)14-9/h3-4,11H,2,5-6H2,1H3,(H,12,13,14). The first-order valence-electron chi connectivity index (χ1n) is 4.54. The van der Waals surface area contributed by atoms with Gasteiger partial charge in [0.05, 0.1) is 0 Å². The molecule has 0 saturated carbocycles. The Bertz CT molecular complexity index is 317. The van der Waals surface area contributed by atoms with Gasteiger partial charge in [0.25, 0.3) is 0 Å². The fourth-order valence-corrected chi connectivity index (χ4v) is 0.946. The molecule has 0 aromatic carbocycles. The monoisotopic (exact) mass is 191 g/mol. The van der Waals surface area contributed by atoms with Crippen LogP contribution in [-0.2, 0) is 0 Å². The molecule has 0 amide bonds. The van der Waals surface area contributed by atoms with Crippen LogP contribution in [0.1, 0.15) is 12.6 Å². The molecule has 14 heavy (non-hydrogen) atoms. The maximum Gasteiger partial charge on any atom is 0.223 e. The summed E-state index contributed by atoms with van der Waals surface area (Å²) in [6, 6.07) is 3.54. The number of rotatable bonds is 5. The molecule has 0 saturated heterocycles. The predicted octanol–water partition coefficient (Wildman–Crippen LogP) is 0.370. The first kappa shape index (κ1) is 10.4. The van der Waals surface area contributed by atoms with Crippen LogP contribution in [0.15, 0.2) is 12.3 Å². The van der Waals surface area contributed by atoms with Crippen LogP contribution >= 0.6 is 0 Å². The van der Waals surface area contributed by atoms with E-state index in [4.69, 9.17) is 5.26 Å². The minimum atomic E-state index is 0.381. The molecule has 0 radical (unpaired) electrons. The fourth-order valence-electron chi connectivity index (χ4n) is 0.946. The van der Waals surface area contributed by atoms with Crippen LogP contribution in [-0.4, -0.2) is 29.6 Å². The molecule has 0 aliphatic carbocycles. The molecule has 0 aliphatic heterocycles. The van der Waals surface area contributed by atoms with E-state index in [1.54, 1.807) is 12.3 Å². The van der Waals surface area contributed by atoms with Gasteiger partial charge >= 0.3 is 0 Å². The Hall–Kier alpha value is -1.67. The van der Waals surface area contributed by atoms with Crippen molar-refractivity contribution in [2.24, 2.45) is 0 Å². The van der Waals surface area contributed by atoms with Gasteiger partial charge in [0.15, 0.2) is 0 Å². The van der Waals surface area contributed by atoms with Crippen LogP contribution in [0.5, 0.6) is 0 Å². The van der Waals surface area contributed by atoms with Crippen molar-refractivity contribution < 1.29 is 0 Å². The van der Waals surface area contributed by atoms with Gasteiger partial charge in [0, 0.05) is 19.3 Å². The van der Waals surface area contributed by atoms with Crippen LogP contribution < -0.4 is 10.6 Å². The quantitative estimate of drug-likeness (QED) is 0.658. The first-order valence-corrected chi connectivity index (χ1v) is 4.54. The molecule has 1 rings (SSSR count). The van der Waals surface area contributed by atoms with Gasteiger partial charge < -0.3 is 10.6 Å². The minimum Gasteiger partial charge on any atom is -0.353 e. The smallest absolute Gasteiger partial charge is 0.223 e. The Labute approximate surface area is 83.2 Å². The number of likely N-dealkylation sites (N-methyl/N-ethyl adjacent to an activating group) is 1. The van der Waals surface area contributed by atoms with Crippen LogP contribution in [0, 0.1) is 11.3 Å². The highest BCUT2D eigenvalue weighted by molar-refractivity contribution is 5.29. The van der Waals surface area contributed by atoms with Crippen LogP contribution in [0.4, 0.5) is 5.95 Å². The summed E-state index contributed by atoms with van der Waals surface area (Å²) in [4.78, 5) is 7.96. The highest BCUT2D eigenvalue weighted by Crippen LogP contribution is 1.97. The SMILES string of the molecule is CCNCCNc1nccc(C#N)n1. The maximum absolute atomic E-state index is 8.59. The highest BCUT2D eigenvalue weighted by atomic mass is 15.1. The summed E-state index contributed by atoms with van der Waals surface area (Å²) in [5.74, 6) is 0.502. The lowest BCUT2D eigenvalue weighted by Crippen LogP contribution is -2.22. The molecule has 0 unspecified atom stereocenters. The summed E-state index contributed by atoms with van der Waals surface area (Å²) < 4.78 is 0. The average Bonchev–Trinajstić information content (AvgIpc) is 2.25. The van der Waals surface area contributed by atoms with Crippen molar-refractivity contribution in [3.63, 3.8) is 0 Å². The summed E-state index contributed by atoms with van der Waals surface area (Å²) in [5, 5.41) is 14.8. The van der Waals surface area contributed by atoms with E-state index in [9.17, 15) is 0 Å². The molecule has 0 fully saturated rings. The van der Waals surface area contributed by atoms with Gasteiger partial charge in [-0.25, -0.2) is 9.97 Å². The van der Waals surface area contributed by atoms with Crippen molar-refractivity contribution in [3.05, 3.63) is 18.0 Å². The topological polar surface area (TPSA) is 73.6 Å². The molecule has 0 aliphatic rings. The van der Waals surface area contributed by atoms with Gasteiger partial charge in [-0.2, -0.15) is 5.26 Å². The molecule has 0 spiro atoms. The zero-order chi connectivity index (χ0) is 10.2. The molecule has 0 atom stereocenters. The van der Waals surface area contributed by atoms with E-state index < -0.39 is 0 Å². The molecular formula is C9H13N5. The van der Waals surface area contributed by atoms with Gasteiger partial charge in [0.2, 0.25) is 5.95 Å². The van der Waals surface area contributed by atoms with Crippen molar-refractivity contribution >= 4 is 5.95 Å². The van der Waals surface area contributed by atoms with Crippen molar-refractivity contribution in [2.45, 2.75) is 6.92 Å². The summed E-state index contributed by atoms with van der Waals surface area (Å²) in [5.41, 5.74) is 0.381. The maximum atomic E-state index is 8.59. The van der Waals surface area contributed by atoms with Crippen LogP contribution in [0.3, 0.4) is 0 Å². The minimum absolute atomic E-state index is 0.381. The van der Waals surface area contributed by atoms with E-state index in [2.05, 4.69) is 20.6 Å². The molecule has 2 N–H and O–H groups in total.